The third-order valence-corrected chi connectivity index (χ3v) is 5.74. The van der Waals surface area contributed by atoms with Crippen LogP contribution in [-0.2, 0) is 16.1 Å². The lowest BCUT2D eigenvalue weighted by atomic mass is 9.94. The smallest absolute Gasteiger partial charge is 0.261 e. The van der Waals surface area contributed by atoms with Crippen molar-refractivity contribution in [1.82, 2.24) is 15.5 Å². The van der Waals surface area contributed by atoms with Gasteiger partial charge in [0.1, 0.15) is 5.75 Å². The standard InChI is InChI=1S/C26H25N3O5/c1-34-19-12-10-17(11-13-19)15-27-23(31)16-28-22(30)9-4-14-29-25(32)20-7-2-5-18-6-3-8-21(24(18)20)26(29)33/h2-3,5-8,10-13H,4,9,14-16H2,1H3,(H,27,31)(H,28,30). The first-order valence-corrected chi connectivity index (χ1v) is 11.0. The van der Waals surface area contributed by atoms with Crippen molar-refractivity contribution in [2.45, 2.75) is 19.4 Å². The summed E-state index contributed by atoms with van der Waals surface area (Å²) in [6, 6.07) is 18.1. The zero-order valence-corrected chi connectivity index (χ0v) is 18.8. The highest BCUT2D eigenvalue weighted by Gasteiger charge is 2.32. The highest BCUT2D eigenvalue weighted by molar-refractivity contribution is 6.25. The molecule has 2 N–H and O–H groups in total. The molecule has 0 radical (unpaired) electrons. The summed E-state index contributed by atoms with van der Waals surface area (Å²) < 4.78 is 5.10. The van der Waals surface area contributed by atoms with Crippen LogP contribution in [-0.4, -0.2) is 48.7 Å². The lowest BCUT2D eigenvalue weighted by Crippen LogP contribution is -2.41. The molecule has 0 aromatic heterocycles. The predicted molar refractivity (Wildman–Crippen MR) is 126 cm³/mol. The minimum Gasteiger partial charge on any atom is -0.497 e. The van der Waals surface area contributed by atoms with E-state index in [2.05, 4.69) is 10.6 Å². The molecule has 3 aromatic rings. The summed E-state index contributed by atoms with van der Waals surface area (Å²) >= 11 is 0. The fraction of sp³-hybridized carbons (Fsp3) is 0.231. The molecule has 0 saturated heterocycles. The van der Waals surface area contributed by atoms with Crippen LogP contribution in [0.5, 0.6) is 5.75 Å². The second-order valence-electron chi connectivity index (χ2n) is 7.98. The minimum absolute atomic E-state index is 0.0919. The quantitative estimate of drug-likeness (QED) is 0.479. The number of nitrogens with one attached hydrogen (secondary N) is 2. The number of nitrogens with zero attached hydrogens (tertiary/aromatic N) is 1. The van der Waals surface area contributed by atoms with Crippen LogP contribution < -0.4 is 15.4 Å². The summed E-state index contributed by atoms with van der Waals surface area (Å²) in [7, 11) is 1.58. The van der Waals surface area contributed by atoms with Crippen molar-refractivity contribution in [3.8, 4) is 5.75 Å². The Morgan fingerprint density at radius 2 is 1.50 bits per heavy atom. The Morgan fingerprint density at radius 1 is 0.853 bits per heavy atom. The molecule has 1 heterocycles. The number of hydrogen-bond donors (Lipinski definition) is 2. The first-order chi connectivity index (χ1) is 16.5. The van der Waals surface area contributed by atoms with Gasteiger partial charge >= 0.3 is 0 Å². The Kier molecular flexibility index (Phi) is 6.87. The van der Waals surface area contributed by atoms with E-state index < -0.39 is 0 Å². The number of ether oxygens (including phenoxy) is 1. The van der Waals surface area contributed by atoms with E-state index in [1.54, 1.807) is 43.5 Å². The number of hydrogen-bond acceptors (Lipinski definition) is 5. The normalized spacial score (nSPS) is 12.6. The number of benzene rings is 3. The van der Waals surface area contributed by atoms with Gasteiger partial charge in [0.05, 0.1) is 13.7 Å². The van der Waals surface area contributed by atoms with Crippen LogP contribution in [0.3, 0.4) is 0 Å². The summed E-state index contributed by atoms with van der Waals surface area (Å²) in [5.74, 6) is -0.606. The fourth-order valence-electron chi connectivity index (χ4n) is 3.96. The molecule has 1 aliphatic heterocycles. The van der Waals surface area contributed by atoms with E-state index in [4.69, 9.17) is 4.74 Å². The minimum atomic E-state index is -0.354. The Bertz CT molecular complexity index is 1200. The van der Waals surface area contributed by atoms with Gasteiger partial charge in [-0.1, -0.05) is 36.4 Å². The molecule has 0 fully saturated rings. The maximum absolute atomic E-state index is 12.9. The molecule has 0 bridgehead atoms. The molecule has 0 aliphatic carbocycles. The van der Waals surface area contributed by atoms with Gasteiger partial charge in [0.2, 0.25) is 11.8 Å². The average molecular weight is 460 g/mol. The van der Waals surface area contributed by atoms with Crippen LogP contribution in [0.2, 0.25) is 0 Å². The van der Waals surface area contributed by atoms with Gasteiger partial charge in [-0.15, -0.1) is 0 Å². The van der Waals surface area contributed by atoms with E-state index in [0.717, 1.165) is 16.7 Å². The molecule has 0 unspecified atom stereocenters. The van der Waals surface area contributed by atoms with E-state index in [-0.39, 0.29) is 43.1 Å². The summed E-state index contributed by atoms with van der Waals surface area (Å²) in [5.41, 5.74) is 1.89. The molecule has 174 valence electrons. The molecular formula is C26H25N3O5. The molecule has 4 rings (SSSR count). The molecule has 34 heavy (non-hydrogen) atoms. The highest BCUT2D eigenvalue weighted by Crippen LogP contribution is 2.30. The summed E-state index contributed by atoms with van der Waals surface area (Å²) in [4.78, 5) is 51.1. The van der Waals surface area contributed by atoms with Crippen molar-refractivity contribution in [2.75, 3.05) is 20.2 Å². The Hall–Kier alpha value is -4.20. The molecule has 8 heteroatoms. The number of carbonyl (C=O) groups excluding carboxylic acids is 4. The van der Waals surface area contributed by atoms with Crippen molar-refractivity contribution in [3.63, 3.8) is 0 Å². The monoisotopic (exact) mass is 459 g/mol. The SMILES string of the molecule is COc1ccc(CNC(=O)CNC(=O)CCCN2C(=O)c3cccc4cccc(c34)C2=O)cc1. The molecule has 4 amide bonds. The van der Waals surface area contributed by atoms with Gasteiger partial charge < -0.3 is 15.4 Å². The third kappa shape index (κ3) is 4.91. The van der Waals surface area contributed by atoms with Gasteiger partial charge in [-0.05, 0) is 41.6 Å². The lowest BCUT2D eigenvalue weighted by Gasteiger charge is -2.27. The average Bonchev–Trinajstić information content (AvgIpc) is 2.87. The second kappa shape index (κ2) is 10.2. The first-order valence-electron chi connectivity index (χ1n) is 11.0. The van der Waals surface area contributed by atoms with Gasteiger partial charge in [-0.2, -0.15) is 0 Å². The Labute approximate surface area is 196 Å². The van der Waals surface area contributed by atoms with Gasteiger partial charge in [-0.3, -0.25) is 24.1 Å². The van der Waals surface area contributed by atoms with E-state index in [0.29, 0.717) is 29.5 Å². The van der Waals surface area contributed by atoms with Crippen molar-refractivity contribution >= 4 is 34.4 Å². The van der Waals surface area contributed by atoms with Crippen molar-refractivity contribution in [1.29, 1.82) is 0 Å². The molecule has 0 spiro atoms. The molecule has 3 aromatic carbocycles. The largest absolute Gasteiger partial charge is 0.497 e. The molecule has 8 nitrogen and oxygen atoms in total. The fourth-order valence-corrected chi connectivity index (χ4v) is 3.96. The van der Waals surface area contributed by atoms with Crippen LogP contribution >= 0.6 is 0 Å². The number of carbonyl (C=O) groups is 4. The highest BCUT2D eigenvalue weighted by atomic mass is 16.5. The second-order valence-corrected chi connectivity index (χ2v) is 7.98. The van der Waals surface area contributed by atoms with Crippen molar-refractivity contribution in [2.24, 2.45) is 0 Å². The first kappa shape index (κ1) is 23.0. The molecular weight excluding hydrogens is 434 g/mol. The predicted octanol–water partition coefficient (Wildman–Crippen LogP) is 2.66. The number of imide groups is 1. The topological polar surface area (TPSA) is 105 Å². The van der Waals surface area contributed by atoms with E-state index in [9.17, 15) is 19.2 Å². The number of methoxy groups -OCH3 is 1. The Morgan fingerprint density at radius 3 is 2.12 bits per heavy atom. The van der Waals surface area contributed by atoms with E-state index in [1.807, 2.05) is 24.3 Å². The van der Waals surface area contributed by atoms with Gasteiger partial charge in [0.15, 0.2) is 0 Å². The Balaban J connectivity index is 1.23. The van der Waals surface area contributed by atoms with Crippen molar-refractivity contribution < 1.29 is 23.9 Å². The lowest BCUT2D eigenvalue weighted by molar-refractivity contribution is -0.126. The maximum atomic E-state index is 12.9. The van der Waals surface area contributed by atoms with Gasteiger partial charge in [-0.25, -0.2) is 0 Å². The number of amides is 4. The molecule has 0 saturated carbocycles. The van der Waals surface area contributed by atoms with Crippen LogP contribution in [0.15, 0.2) is 60.7 Å². The zero-order valence-electron chi connectivity index (χ0n) is 18.8. The van der Waals surface area contributed by atoms with Crippen LogP contribution in [0, 0.1) is 0 Å². The van der Waals surface area contributed by atoms with E-state index in [1.165, 1.54) is 4.90 Å². The summed E-state index contributed by atoms with van der Waals surface area (Å²) in [5, 5.41) is 6.83. The molecule has 1 aliphatic rings. The van der Waals surface area contributed by atoms with Crippen LogP contribution in [0.25, 0.3) is 10.8 Å². The van der Waals surface area contributed by atoms with Gasteiger partial charge in [0.25, 0.3) is 11.8 Å². The van der Waals surface area contributed by atoms with Crippen LogP contribution in [0.1, 0.15) is 39.1 Å². The maximum Gasteiger partial charge on any atom is 0.261 e. The summed E-state index contributed by atoms with van der Waals surface area (Å²) in [6.45, 7) is 0.317. The molecule has 0 atom stereocenters. The summed E-state index contributed by atoms with van der Waals surface area (Å²) in [6.07, 6.45) is 0.392. The van der Waals surface area contributed by atoms with Crippen LogP contribution in [0.4, 0.5) is 0 Å². The zero-order chi connectivity index (χ0) is 24.1. The number of rotatable bonds is 9. The van der Waals surface area contributed by atoms with E-state index >= 15 is 0 Å². The van der Waals surface area contributed by atoms with Crippen molar-refractivity contribution in [3.05, 3.63) is 77.4 Å². The third-order valence-electron chi connectivity index (χ3n) is 5.74. The van der Waals surface area contributed by atoms with Gasteiger partial charge in [0, 0.05) is 36.0 Å².